The predicted octanol–water partition coefficient (Wildman–Crippen LogP) is 2.34. The van der Waals surface area contributed by atoms with Gasteiger partial charge in [-0.25, -0.2) is 0 Å². The zero-order valence-corrected chi connectivity index (χ0v) is 6.64. The molecule has 1 aromatic heterocycles. The van der Waals surface area contributed by atoms with E-state index in [0.717, 1.165) is 0 Å². The number of fused-ring (bicyclic) bond motifs is 1. The number of pyridine rings is 1. The van der Waals surface area contributed by atoms with E-state index in [2.05, 4.69) is 10.2 Å². The largest absolute Gasteiger partial charge is 0.507 e. The van der Waals surface area contributed by atoms with E-state index in [9.17, 15) is 10.0 Å². The van der Waals surface area contributed by atoms with Gasteiger partial charge in [-0.3, -0.25) is 4.98 Å². The topological polar surface area (TPSA) is 62.5 Å². The molecule has 0 aliphatic rings. The summed E-state index contributed by atoms with van der Waals surface area (Å²) in [5.41, 5.74) is 0.315. The normalized spacial score (nSPS) is 10.2. The van der Waals surface area contributed by atoms with E-state index in [1.807, 2.05) is 0 Å². The molecule has 1 aromatic carbocycles. The molecule has 2 rings (SSSR count). The van der Waals surface area contributed by atoms with E-state index < -0.39 is 0 Å². The van der Waals surface area contributed by atoms with Crippen molar-refractivity contribution in [2.75, 3.05) is 0 Å². The second kappa shape index (κ2) is 2.82. The Kier molecular flexibility index (Phi) is 1.66. The lowest BCUT2D eigenvalue weighted by Crippen LogP contribution is -1.76. The summed E-state index contributed by atoms with van der Waals surface area (Å²) in [6.07, 6.45) is 3.05. The third-order valence-electron chi connectivity index (χ3n) is 1.87. The van der Waals surface area contributed by atoms with Crippen molar-refractivity contribution in [3.63, 3.8) is 0 Å². The van der Waals surface area contributed by atoms with E-state index in [1.165, 1.54) is 18.3 Å². The first kappa shape index (κ1) is 7.67. The standard InChI is InChI=1S/C9H6N2O2/c12-9-2-1-8(11-13)6-3-4-10-5-7(6)9/h1-5,12H. The van der Waals surface area contributed by atoms with Crippen LogP contribution in [0.1, 0.15) is 0 Å². The fraction of sp³-hybridized carbons (Fsp3) is 0. The highest BCUT2D eigenvalue weighted by Crippen LogP contribution is 2.31. The molecule has 0 amide bonds. The molecule has 4 nitrogen and oxygen atoms in total. The van der Waals surface area contributed by atoms with Crippen molar-refractivity contribution < 1.29 is 5.11 Å². The monoisotopic (exact) mass is 174 g/mol. The maximum absolute atomic E-state index is 10.4. The van der Waals surface area contributed by atoms with Crippen LogP contribution in [0.4, 0.5) is 5.69 Å². The maximum atomic E-state index is 10.4. The molecule has 0 spiro atoms. The molecule has 0 fully saturated rings. The molecule has 0 bridgehead atoms. The summed E-state index contributed by atoms with van der Waals surface area (Å²) in [5.74, 6) is 0.107. The van der Waals surface area contributed by atoms with Gasteiger partial charge in [0.2, 0.25) is 0 Å². The van der Waals surface area contributed by atoms with Crippen LogP contribution in [0.2, 0.25) is 0 Å². The van der Waals surface area contributed by atoms with E-state index in [-0.39, 0.29) is 5.75 Å². The molecule has 1 heterocycles. The number of nitroso groups, excluding NO2 is 1. The number of hydrogen-bond donors (Lipinski definition) is 1. The second-order valence-corrected chi connectivity index (χ2v) is 2.62. The van der Waals surface area contributed by atoms with Gasteiger partial charge >= 0.3 is 0 Å². The van der Waals surface area contributed by atoms with Gasteiger partial charge in [-0.1, -0.05) is 0 Å². The Labute approximate surface area is 73.8 Å². The van der Waals surface area contributed by atoms with Crippen molar-refractivity contribution >= 4 is 16.5 Å². The first-order valence-corrected chi connectivity index (χ1v) is 3.72. The van der Waals surface area contributed by atoms with Crippen LogP contribution >= 0.6 is 0 Å². The van der Waals surface area contributed by atoms with Crippen LogP contribution < -0.4 is 0 Å². The Morgan fingerprint density at radius 3 is 2.85 bits per heavy atom. The number of benzene rings is 1. The van der Waals surface area contributed by atoms with Crippen LogP contribution in [0.5, 0.6) is 5.75 Å². The summed E-state index contributed by atoms with van der Waals surface area (Å²) in [6.45, 7) is 0. The minimum atomic E-state index is 0.107. The van der Waals surface area contributed by atoms with E-state index in [1.54, 1.807) is 12.3 Å². The number of phenols is 1. The quantitative estimate of drug-likeness (QED) is 0.675. The minimum Gasteiger partial charge on any atom is -0.507 e. The number of aromatic nitrogens is 1. The Hall–Kier alpha value is -1.97. The van der Waals surface area contributed by atoms with Gasteiger partial charge in [0.25, 0.3) is 0 Å². The summed E-state index contributed by atoms with van der Waals surface area (Å²) in [7, 11) is 0. The van der Waals surface area contributed by atoms with Gasteiger partial charge in [0.1, 0.15) is 11.4 Å². The number of rotatable bonds is 1. The van der Waals surface area contributed by atoms with Crippen molar-refractivity contribution in [1.29, 1.82) is 0 Å². The predicted molar refractivity (Wildman–Crippen MR) is 48.9 cm³/mol. The molecule has 64 valence electrons. The van der Waals surface area contributed by atoms with E-state index in [4.69, 9.17) is 0 Å². The molecule has 0 aliphatic carbocycles. The molecule has 0 radical (unpaired) electrons. The van der Waals surface area contributed by atoms with Crippen molar-refractivity contribution in [2.45, 2.75) is 0 Å². The highest BCUT2D eigenvalue weighted by Gasteiger charge is 2.04. The highest BCUT2D eigenvalue weighted by molar-refractivity contribution is 5.95. The lowest BCUT2D eigenvalue weighted by atomic mass is 10.1. The molecular formula is C9H6N2O2. The van der Waals surface area contributed by atoms with Crippen LogP contribution in [-0.4, -0.2) is 10.1 Å². The highest BCUT2D eigenvalue weighted by atomic mass is 16.3. The van der Waals surface area contributed by atoms with Crippen molar-refractivity contribution in [2.24, 2.45) is 5.18 Å². The Balaban J connectivity index is 2.92. The lowest BCUT2D eigenvalue weighted by Gasteiger charge is -2.00. The smallest absolute Gasteiger partial charge is 0.125 e. The van der Waals surface area contributed by atoms with Gasteiger partial charge < -0.3 is 5.11 Å². The van der Waals surface area contributed by atoms with Crippen LogP contribution in [0.3, 0.4) is 0 Å². The maximum Gasteiger partial charge on any atom is 0.125 e. The second-order valence-electron chi connectivity index (χ2n) is 2.62. The van der Waals surface area contributed by atoms with Gasteiger partial charge in [0.15, 0.2) is 0 Å². The van der Waals surface area contributed by atoms with E-state index >= 15 is 0 Å². The number of phenolic OH excluding ortho intramolecular Hbond substituents is 1. The van der Waals surface area contributed by atoms with Crippen molar-refractivity contribution in [3.05, 3.63) is 35.5 Å². The lowest BCUT2D eigenvalue weighted by molar-refractivity contribution is 0.481. The summed E-state index contributed by atoms with van der Waals surface area (Å²) in [4.78, 5) is 14.2. The molecular weight excluding hydrogens is 168 g/mol. The number of nitrogens with zero attached hydrogens (tertiary/aromatic N) is 2. The van der Waals surface area contributed by atoms with Gasteiger partial charge in [-0.2, -0.15) is 0 Å². The van der Waals surface area contributed by atoms with Crippen LogP contribution in [0, 0.1) is 4.91 Å². The summed E-state index contributed by atoms with van der Waals surface area (Å²) < 4.78 is 0. The average Bonchev–Trinajstić information content (AvgIpc) is 2.19. The van der Waals surface area contributed by atoms with Gasteiger partial charge in [0, 0.05) is 23.2 Å². The van der Waals surface area contributed by atoms with Gasteiger partial charge in [-0.05, 0) is 23.4 Å². The summed E-state index contributed by atoms with van der Waals surface area (Å²) in [5, 5.41) is 13.4. The molecule has 0 saturated heterocycles. The average molecular weight is 174 g/mol. The molecule has 0 saturated carbocycles. The van der Waals surface area contributed by atoms with Crippen LogP contribution in [0.15, 0.2) is 35.8 Å². The zero-order valence-electron chi connectivity index (χ0n) is 6.64. The Morgan fingerprint density at radius 1 is 1.23 bits per heavy atom. The van der Waals surface area contributed by atoms with Gasteiger partial charge in [0.05, 0.1) is 0 Å². The molecule has 2 aromatic rings. The number of hydrogen-bond acceptors (Lipinski definition) is 4. The van der Waals surface area contributed by atoms with Crippen molar-refractivity contribution in [1.82, 2.24) is 4.98 Å². The first-order chi connectivity index (χ1) is 6.33. The molecule has 0 aliphatic heterocycles. The third-order valence-corrected chi connectivity index (χ3v) is 1.87. The first-order valence-electron chi connectivity index (χ1n) is 3.72. The molecule has 0 unspecified atom stereocenters. The van der Waals surface area contributed by atoms with Crippen LogP contribution in [-0.2, 0) is 0 Å². The summed E-state index contributed by atoms with van der Waals surface area (Å²) in [6, 6.07) is 4.55. The minimum absolute atomic E-state index is 0.107. The fourth-order valence-electron chi connectivity index (χ4n) is 1.24. The molecule has 1 N–H and O–H groups in total. The van der Waals surface area contributed by atoms with Crippen molar-refractivity contribution in [3.8, 4) is 5.75 Å². The SMILES string of the molecule is O=Nc1ccc(O)c2cnccc12. The fourth-order valence-corrected chi connectivity index (χ4v) is 1.24. The Morgan fingerprint density at radius 2 is 2.08 bits per heavy atom. The zero-order chi connectivity index (χ0) is 9.26. The third kappa shape index (κ3) is 1.12. The molecule has 13 heavy (non-hydrogen) atoms. The number of aromatic hydroxyl groups is 1. The van der Waals surface area contributed by atoms with Crippen LogP contribution in [0.25, 0.3) is 10.8 Å². The molecule has 4 heteroatoms. The molecule has 0 atom stereocenters. The Bertz CT molecular complexity index is 468. The van der Waals surface area contributed by atoms with E-state index in [0.29, 0.717) is 16.5 Å². The van der Waals surface area contributed by atoms with Gasteiger partial charge in [-0.15, -0.1) is 4.91 Å². The summed E-state index contributed by atoms with van der Waals surface area (Å²) >= 11 is 0.